The number of anilines is 1. The van der Waals surface area contributed by atoms with Gasteiger partial charge in [-0.25, -0.2) is 4.79 Å². The molecule has 16 heavy (non-hydrogen) atoms. The van der Waals surface area contributed by atoms with Gasteiger partial charge in [-0.3, -0.25) is 9.69 Å². The van der Waals surface area contributed by atoms with E-state index in [1.165, 1.54) is 41.3 Å². The summed E-state index contributed by atoms with van der Waals surface area (Å²) >= 11 is 0. The van der Waals surface area contributed by atoms with Crippen molar-refractivity contribution in [3.8, 4) is 0 Å². The first-order valence-electron chi connectivity index (χ1n) is 4.62. The van der Waals surface area contributed by atoms with Crippen molar-refractivity contribution in [2.75, 3.05) is 4.90 Å². The SMILES string of the molecule is O=C(O)c1ccc(N2C(=O)C=CC2O)cc1. The van der Waals surface area contributed by atoms with Crippen LogP contribution in [0.4, 0.5) is 5.69 Å². The minimum absolute atomic E-state index is 0.137. The van der Waals surface area contributed by atoms with Crippen LogP contribution in [0.25, 0.3) is 0 Å². The third-order valence-corrected chi connectivity index (χ3v) is 2.31. The van der Waals surface area contributed by atoms with E-state index >= 15 is 0 Å². The maximum atomic E-state index is 11.4. The van der Waals surface area contributed by atoms with E-state index in [1.807, 2.05) is 0 Å². The van der Waals surface area contributed by atoms with Crippen LogP contribution in [0.1, 0.15) is 10.4 Å². The maximum Gasteiger partial charge on any atom is 0.335 e. The lowest BCUT2D eigenvalue weighted by Gasteiger charge is -2.20. The molecule has 0 spiro atoms. The van der Waals surface area contributed by atoms with Crippen LogP contribution in [0.5, 0.6) is 0 Å². The minimum Gasteiger partial charge on any atom is -0.478 e. The number of hydrogen-bond acceptors (Lipinski definition) is 3. The molecule has 1 heterocycles. The van der Waals surface area contributed by atoms with Gasteiger partial charge in [0, 0.05) is 11.8 Å². The standard InChI is InChI=1S/C11H9NO4/c13-9-5-6-10(14)12(9)8-3-1-7(2-4-8)11(15)16/h1-6,9,13H,(H,15,16). The number of nitrogens with zero attached hydrogens (tertiary/aromatic N) is 1. The van der Waals surface area contributed by atoms with E-state index in [-0.39, 0.29) is 11.5 Å². The third kappa shape index (κ3) is 1.68. The van der Waals surface area contributed by atoms with Crippen molar-refractivity contribution in [3.63, 3.8) is 0 Å². The molecule has 1 aromatic carbocycles. The molecule has 5 nitrogen and oxygen atoms in total. The van der Waals surface area contributed by atoms with Gasteiger partial charge in [-0.15, -0.1) is 0 Å². The van der Waals surface area contributed by atoms with Gasteiger partial charge < -0.3 is 10.2 Å². The van der Waals surface area contributed by atoms with Crippen LogP contribution in [0, 0.1) is 0 Å². The van der Waals surface area contributed by atoms with Gasteiger partial charge in [0.05, 0.1) is 5.56 Å². The number of rotatable bonds is 2. The van der Waals surface area contributed by atoms with E-state index in [4.69, 9.17) is 5.11 Å². The molecule has 0 saturated heterocycles. The van der Waals surface area contributed by atoms with E-state index in [2.05, 4.69) is 0 Å². The summed E-state index contributed by atoms with van der Waals surface area (Å²) in [6, 6.07) is 5.74. The Morgan fingerprint density at radius 1 is 1.25 bits per heavy atom. The number of carbonyl (C=O) groups excluding carboxylic acids is 1. The van der Waals surface area contributed by atoms with Crippen molar-refractivity contribution in [2.45, 2.75) is 6.23 Å². The van der Waals surface area contributed by atoms with E-state index in [0.29, 0.717) is 5.69 Å². The zero-order valence-corrected chi connectivity index (χ0v) is 8.20. The van der Waals surface area contributed by atoms with Gasteiger partial charge in [0.2, 0.25) is 0 Å². The summed E-state index contributed by atoms with van der Waals surface area (Å²) in [6.45, 7) is 0. The summed E-state index contributed by atoms with van der Waals surface area (Å²) in [6.07, 6.45) is 1.66. The van der Waals surface area contributed by atoms with E-state index in [0.717, 1.165) is 0 Å². The molecule has 1 aliphatic heterocycles. The lowest BCUT2D eigenvalue weighted by molar-refractivity contribution is -0.114. The smallest absolute Gasteiger partial charge is 0.335 e. The topological polar surface area (TPSA) is 77.8 Å². The Labute approximate surface area is 91.2 Å². The fourth-order valence-corrected chi connectivity index (χ4v) is 1.51. The summed E-state index contributed by atoms with van der Waals surface area (Å²) in [5, 5.41) is 18.2. The molecule has 0 radical (unpaired) electrons. The molecule has 1 atom stereocenters. The Kier molecular flexibility index (Phi) is 2.46. The van der Waals surface area contributed by atoms with E-state index < -0.39 is 12.2 Å². The highest BCUT2D eigenvalue weighted by molar-refractivity contribution is 6.04. The second-order valence-corrected chi connectivity index (χ2v) is 3.33. The predicted octanol–water partition coefficient (Wildman–Crippen LogP) is 0.606. The minimum atomic E-state index is -1.03. The quantitative estimate of drug-likeness (QED) is 0.763. The number of amides is 1. The van der Waals surface area contributed by atoms with Crippen molar-refractivity contribution in [3.05, 3.63) is 42.0 Å². The third-order valence-electron chi connectivity index (χ3n) is 2.31. The van der Waals surface area contributed by atoms with Gasteiger partial charge in [0.25, 0.3) is 5.91 Å². The Morgan fingerprint density at radius 3 is 2.31 bits per heavy atom. The summed E-state index contributed by atoms with van der Waals surface area (Å²) in [4.78, 5) is 23.2. The summed E-state index contributed by atoms with van der Waals surface area (Å²) in [5.74, 6) is -1.35. The summed E-state index contributed by atoms with van der Waals surface area (Å²) < 4.78 is 0. The van der Waals surface area contributed by atoms with Gasteiger partial charge in [-0.2, -0.15) is 0 Å². The fourth-order valence-electron chi connectivity index (χ4n) is 1.51. The highest BCUT2D eigenvalue weighted by Crippen LogP contribution is 2.21. The van der Waals surface area contributed by atoms with E-state index in [1.54, 1.807) is 0 Å². The summed E-state index contributed by atoms with van der Waals surface area (Å²) in [5.41, 5.74) is 0.602. The van der Waals surface area contributed by atoms with Crippen LogP contribution >= 0.6 is 0 Å². The molecule has 1 aromatic rings. The van der Waals surface area contributed by atoms with Crippen LogP contribution in [0.2, 0.25) is 0 Å². The number of carboxylic acids is 1. The van der Waals surface area contributed by atoms with Crippen LogP contribution in [0.15, 0.2) is 36.4 Å². The molecule has 0 aliphatic carbocycles. The second kappa shape index (κ2) is 3.79. The number of aliphatic hydroxyl groups excluding tert-OH is 1. The van der Waals surface area contributed by atoms with Gasteiger partial charge in [0.1, 0.15) is 0 Å². The molecule has 0 saturated carbocycles. The Balaban J connectivity index is 2.29. The van der Waals surface area contributed by atoms with Crippen molar-refractivity contribution in [1.29, 1.82) is 0 Å². The number of carbonyl (C=O) groups is 2. The van der Waals surface area contributed by atoms with Crippen LogP contribution in [-0.2, 0) is 4.79 Å². The molecule has 0 fully saturated rings. The molecule has 2 N–H and O–H groups in total. The monoisotopic (exact) mass is 219 g/mol. The second-order valence-electron chi connectivity index (χ2n) is 3.33. The molecular weight excluding hydrogens is 210 g/mol. The van der Waals surface area contributed by atoms with Gasteiger partial charge in [-0.1, -0.05) is 0 Å². The average Bonchev–Trinajstić information content (AvgIpc) is 2.59. The molecule has 5 heteroatoms. The average molecular weight is 219 g/mol. The van der Waals surface area contributed by atoms with Crippen molar-refractivity contribution in [1.82, 2.24) is 0 Å². The molecule has 82 valence electrons. The van der Waals surface area contributed by atoms with Crippen molar-refractivity contribution in [2.24, 2.45) is 0 Å². The molecule has 2 rings (SSSR count). The molecule has 1 aliphatic rings. The van der Waals surface area contributed by atoms with Crippen LogP contribution in [-0.4, -0.2) is 28.3 Å². The first-order valence-corrected chi connectivity index (χ1v) is 4.62. The summed E-state index contributed by atoms with van der Waals surface area (Å²) in [7, 11) is 0. The molecule has 0 aromatic heterocycles. The first kappa shape index (κ1) is 10.4. The molecule has 1 amide bonds. The van der Waals surface area contributed by atoms with Crippen LogP contribution in [0.3, 0.4) is 0 Å². The maximum absolute atomic E-state index is 11.4. The van der Waals surface area contributed by atoms with Gasteiger partial charge in [-0.05, 0) is 30.3 Å². The van der Waals surface area contributed by atoms with Gasteiger partial charge >= 0.3 is 5.97 Å². The largest absolute Gasteiger partial charge is 0.478 e. The van der Waals surface area contributed by atoms with Crippen molar-refractivity contribution >= 4 is 17.6 Å². The Morgan fingerprint density at radius 2 is 1.88 bits per heavy atom. The number of benzene rings is 1. The Bertz CT molecular complexity index is 463. The van der Waals surface area contributed by atoms with E-state index in [9.17, 15) is 14.7 Å². The van der Waals surface area contributed by atoms with Crippen molar-refractivity contribution < 1.29 is 19.8 Å². The van der Waals surface area contributed by atoms with Crippen LogP contribution < -0.4 is 4.90 Å². The highest BCUT2D eigenvalue weighted by atomic mass is 16.4. The number of hydrogen-bond donors (Lipinski definition) is 2. The fraction of sp³-hybridized carbons (Fsp3) is 0.0909. The number of aliphatic hydroxyl groups is 1. The molecule has 1 unspecified atom stereocenters. The molecular formula is C11H9NO4. The highest BCUT2D eigenvalue weighted by Gasteiger charge is 2.25. The Hall–Kier alpha value is -2.14. The lowest BCUT2D eigenvalue weighted by atomic mass is 10.2. The lowest BCUT2D eigenvalue weighted by Crippen LogP contribution is -2.33. The zero-order chi connectivity index (χ0) is 11.7. The predicted molar refractivity (Wildman–Crippen MR) is 56.0 cm³/mol. The molecule has 0 bridgehead atoms. The first-order chi connectivity index (χ1) is 7.59. The number of carboxylic acid groups (broad SMARTS) is 1. The number of aromatic carboxylic acids is 1. The van der Waals surface area contributed by atoms with Gasteiger partial charge in [0.15, 0.2) is 6.23 Å². The zero-order valence-electron chi connectivity index (χ0n) is 8.20. The normalized spacial score (nSPS) is 19.2.